The number of hydrogen-bond acceptors (Lipinski definition) is 14. The lowest BCUT2D eigenvalue weighted by molar-refractivity contribution is -0.277. The van der Waals surface area contributed by atoms with Crippen molar-refractivity contribution in [3.05, 3.63) is 28.4 Å². The van der Waals surface area contributed by atoms with Gasteiger partial charge in [0.1, 0.15) is 29.8 Å². The zero-order valence-corrected chi connectivity index (χ0v) is 20.3. The summed E-state index contributed by atoms with van der Waals surface area (Å²) in [7, 11) is 3.62. The summed E-state index contributed by atoms with van der Waals surface area (Å²) in [5.41, 5.74) is -1.43. The number of methoxy groups -OCH3 is 3. The Bertz CT molecular complexity index is 1400. The van der Waals surface area contributed by atoms with Crippen LogP contribution in [0.1, 0.15) is 0 Å². The third-order valence-electron chi connectivity index (χ3n) is 6.09. The minimum absolute atomic E-state index is 0.0405. The van der Waals surface area contributed by atoms with Crippen molar-refractivity contribution >= 4 is 11.0 Å². The smallest absolute Gasteiger partial charge is 0.239 e. The summed E-state index contributed by atoms with van der Waals surface area (Å²) in [6.45, 7) is -0.759. The van der Waals surface area contributed by atoms with Crippen LogP contribution in [0.25, 0.3) is 22.3 Å². The first-order valence-corrected chi connectivity index (χ1v) is 11.1. The van der Waals surface area contributed by atoms with E-state index in [0.29, 0.717) is 0 Å². The van der Waals surface area contributed by atoms with Crippen molar-refractivity contribution in [3.63, 3.8) is 0 Å². The molecular weight excluding hydrogens is 512 g/mol. The molecule has 0 bridgehead atoms. The summed E-state index contributed by atoms with van der Waals surface area (Å²) in [6, 6.07) is 3.91. The van der Waals surface area contributed by atoms with Gasteiger partial charge in [0.05, 0.1) is 27.9 Å². The largest absolute Gasteiger partial charge is 0.504 e. The number of ether oxygens (including phenoxy) is 5. The number of phenolic OH excluding ortho intramolecular Hbond substituents is 3. The summed E-state index contributed by atoms with van der Waals surface area (Å²) in [5, 5.41) is 71.2. The first-order valence-electron chi connectivity index (χ1n) is 11.1. The molecule has 0 amide bonds. The molecule has 206 valence electrons. The zero-order valence-electron chi connectivity index (χ0n) is 20.3. The van der Waals surface area contributed by atoms with Crippen LogP contribution in [0.3, 0.4) is 0 Å². The summed E-state index contributed by atoms with van der Waals surface area (Å²) in [4.78, 5) is 13.8. The van der Waals surface area contributed by atoms with E-state index in [4.69, 9.17) is 28.1 Å². The molecule has 4 rings (SSSR count). The number of hydrogen-bond donors (Lipinski definition) is 7. The molecule has 0 saturated carbocycles. The van der Waals surface area contributed by atoms with Gasteiger partial charge in [-0.3, -0.25) is 4.79 Å². The van der Waals surface area contributed by atoms with E-state index in [-0.39, 0.29) is 28.6 Å². The Morgan fingerprint density at radius 2 is 1.55 bits per heavy atom. The van der Waals surface area contributed by atoms with Gasteiger partial charge < -0.3 is 63.8 Å². The molecule has 2 heterocycles. The van der Waals surface area contributed by atoms with Crippen LogP contribution in [0.2, 0.25) is 0 Å². The fourth-order valence-electron chi connectivity index (χ4n) is 4.12. The fourth-order valence-corrected chi connectivity index (χ4v) is 4.12. The number of aromatic hydroxyl groups is 3. The van der Waals surface area contributed by atoms with E-state index < -0.39 is 76.7 Å². The predicted molar refractivity (Wildman–Crippen MR) is 127 cm³/mol. The van der Waals surface area contributed by atoms with Gasteiger partial charge in [-0.15, -0.1) is 0 Å². The van der Waals surface area contributed by atoms with Crippen molar-refractivity contribution < 1.29 is 63.8 Å². The van der Waals surface area contributed by atoms with Crippen LogP contribution in [0, 0.1) is 0 Å². The molecule has 2 unspecified atom stereocenters. The summed E-state index contributed by atoms with van der Waals surface area (Å²) in [6.07, 6.45) is -8.57. The first-order chi connectivity index (χ1) is 18.1. The lowest BCUT2D eigenvalue weighted by atomic mass is 9.99. The molecule has 14 heteroatoms. The topological polar surface area (TPSA) is 218 Å². The van der Waals surface area contributed by atoms with Gasteiger partial charge in [-0.2, -0.15) is 0 Å². The highest BCUT2D eigenvalue weighted by Crippen LogP contribution is 2.50. The van der Waals surface area contributed by atoms with Crippen molar-refractivity contribution in [1.82, 2.24) is 0 Å². The highest BCUT2D eigenvalue weighted by Gasteiger charge is 2.45. The number of fused-ring (bicyclic) bond motifs is 1. The number of aliphatic hydroxyl groups is 4. The highest BCUT2D eigenvalue weighted by molar-refractivity contribution is 5.96. The average molecular weight is 538 g/mol. The molecule has 0 spiro atoms. The minimum atomic E-state index is -1.89. The van der Waals surface area contributed by atoms with E-state index in [0.717, 1.165) is 7.11 Å². The highest BCUT2D eigenvalue weighted by atomic mass is 16.7. The molecular formula is C24H26O14. The Morgan fingerprint density at radius 1 is 0.868 bits per heavy atom. The SMILES string of the molecule is COc1ccc(-c2oc3c(OC)c(O)c(OC)c(O)c3c(=O)c2O[C@H]2O[C@H](CO)[C@@H](O)C(O)C2O)cc1O. The number of benzene rings is 2. The standard InChI is InChI=1S/C24H26O14/c1-33-10-5-4-8(6-9(10)26)19-23(38-24-17(31)16(30)13(27)11(7-25)36-24)15(29)12-14(28)21(34-2)18(32)22(35-3)20(12)37-19/h4-6,11,13,16-17,24-28,30-32H,7H2,1-3H3/t11-,13-,16?,17?,24-/m1/s1. The first kappa shape index (κ1) is 27.1. The van der Waals surface area contributed by atoms with Crippen LogP contribution in [0.15, 0.2) is 27.4 Å². The van der Waals surface area contributed by atoms with Gasteiger partial charge in [0, 0.05) is 5.56 Å². The summed E-state index contributed by atoms with van der Waals surface area (Å²) in [5.74, 6) is -3.67. The number of phenols is 3. The molecule has 0 radical (unpaired) electrons. The molecule has 5 atom stereocenters. The second-order valence-electron chi connectivity index (χ2n) is 8.26. The predicted octanol–water partition coefficient (Wildman–Crippen LogP) is -0.219. The molecule has 1 saturated heterocycles. The van der Waals surface area contributed by atoms with Crippen LogP contribution in [-0.2, 0) is 4.74 Å². The minimum Gasteiger partial charge on any atom is -0.504 e. The molecule has 1 aliphatic heterocycles. The molecule has 1 fully saturated rings. The van der Waals surface area contributed by atoms with Gasteiger partial charge in [0.2, 0.25) is 34.7 Å². The normalized spacial score (nSPS) is 23.3. The maximum atomic E-state index is 13.8. The van der Waals surface area contributed by atoms with Crippen LogP contribution in [0.4, 0.5) is 0 Å². The molecule has 1 aromatic heterocycles. The molecule has 7 N–H and O–H groups in total. The van der Waals surface area contributed by atoms with Crippen molar-refractivity contribution in [2.45, 2.75) is 30.7 Å². The lowest BCUT2D eigenvalue weighted by Crippen LogP contribution is -2.60. The van der Waals surface area contributed by atoms with Crippen LogP contribution < -0.4 is 24.4 Å². The van der Waals surface area contributed by atoms with Crippen molar-refractivity contribution in [1.29, 1.82) is 0 Å². The van der Waals surface area contributed by atoms with Crippen LogP contribution >= 0.6 is 0 Å². The molecule has 2 aromatic carbocycles. The van der Waals surface area contributed by atoms with Gasteiger partial charge in [0.15, 0.2) is 28.6 Å². The Morgan fingerprint density at radius 3 is 2.13 bits per heavy atom. The Hall–Kier alpha value is -3.95. The average Bonchev–Trinajstić information content (AvgIpc) is 2.90. The maximum Gasteiger partial charge on any atom is 0.239 e. The monoisotopic (exact) mass is 538 g/mol. The molecule has 38 heavy (non-hydrogen) atoms. The number of aliphatic hydroxyl groups excluding tert-OH is 4. The van der Waals surface area contributed by atoms with E-state index in [1.54, 1.807) is 0 Å². The lowest BCUT2D eigenvalue weighted by Gasteiger charge is -2.39. The van der Waals surface area contributed by atoms with Crippen molar-refractivity contribution in [2.24, 2.45) is 0 Å². The van der Waals surface area contributed by atoms with E-state index in [9.17, 15) is 40.5 Å². The molecule has 1 aliphatic rings. The third kappa shape index (κ3) is 4.27. The quantitative estimate of drug-likeness (QED) is 0.207. The van der Waals surface area contributed by atoms with E-state index >= 15 is 0 Å². The van der Waals surface area contributed by atoms with Gasteiger partial charge in [-0.25, -0.2) is 0 Å². The van der Waals surface area contributed by atoms with E-state index in [1.807, 2.05) is 0 Å². The Balaban J connectivity index is 2.02. The summed E-state index contributed by atoms with van der Waals surface area (Å²) < 4.78 is 32.1. The van der Waals surface area contributed by atoms with Crippen molar-refractivity contribution in [2.75, 3.05) is 27.9 Å². The number of rotatable bonds is 7. The van der Waals surface area contributed by atoms with E-state index in [2.05, 4.69) is 0 Å². The second kappa shape index (κ2) is 10.4. The second-order valence-corrected chi connectivity index (χ2v) is 8.26. The van der Waals surface area contributed by atoms with Crippen LogP contribution in [0.5, 0.6) is 40.2 Å². The Labute approximate surface area is 214 Å². The molecule has 14 nitrogen and oxygen atoms in total. The third-order valence-corrected chi connectivity index (χ3v) is 6.09. The van der Waals surface area contributed by atoms with Crippen LogP contribution in [-0.4, -0.2) is 94.4 Å². The van der Waals surface area contributed by atoms with Gasteiger partial charge in [0.25, 0.3) is 0 Å². The van der Waals surface area contributed by atoms with Crippen molar-refractivity contribution in [3.8, 4) is 51.6 Å². The Kier molecular flexibility index (Phi) is 7.44. The molecule has 0 aliphatic carbocycles. The molecule has 3 aromatic rings. The fraction of sp³-hybridized carbons (Fsp3) is 0.375. The van der Waals surface area contributed by atoms with Gasteiger partial charge in [-0.1, -0.05) is 0 Å². The van der Waals surface area contributed by atoms with Gasteiger partial charge in [-0.05, 0) is 18.2 Å². The zero-order chi connectivity index (χ0) is 27.9. The maximum absolute atomic E-state index is 13.8. The van der Waals surface area contributed by atoms with E-state index in [1.165, 1.54) is 32.4 Å². The van der Waals surface area contributed by atoms with Gasteiger partial charge >= 0.3 is 0 Å². The summed E-state index contributed by atoms with van der Waals surface area (Å²) >= 11 is 0.